The first kappa shape index (κ1) is 25.3. The molecule has 1 unspecified atom stereocenters. The van der Waals surface area contributed by atoms with Crippen molar-refractivity contribution in [2.24, 2.45) is 5.92 Å². The second-order valence-corrected chi connectivity index (χ2v) is 8.88. The van der Waals surface area contributed by atoms with Crippen LogP contribution in [-0.2, 0) is 14.3 Å². The minimum absolute atomic E-state index is 0.0212. The fourth-order valence-corrected chi connectivity index (χ4v) is 4.44. The number of fused-ring (bicyclic) bond motifs is 3. The molecule has 3 rings (SSSR count). The smallest absolute Gasteiger partial charge is 0.407 e. The van der Waals surface area contributed by atoms with Gasteiger partial charge in [-0.15, -0.1) is 0 Å². The number of rotatable bonds is 11. The van der Waals surface area contributed by atoms with Crippen molar-refractivity contribution < 1.29 is 24.2 Å². The van der Waals surface area contributed by atoms with E-state index in [0.717, 1.165) is 22.3 Å². The maximum absolute atomic E-state index is 13.0. The molecule has 0 aliphatic heterocycles. The van der Waals surface area contributed by atoms with Gasteiger partial charge in [-0.25, -0.2) is 4.79 Å². The summed E-state index contributed by atoms with van der Waals surface area (Å²) in [7, 11) is 0. The maximum Gasteiger partial charge on any atom is 0.407 e. The molecule has 3 N–H and O–H groups in total. The third-order valence-corrected chi connectivity index (χ3v) is 6.66. The predicted molar refractivity (Wildman–Crippen MR) is 131 cm³/mol. The number of carboxylic acid groups (broad SMARTS) is 1. The first-order valence-electron chi connectivity index (χ1n) is 12.0. The topological polar surface area (TPSA) is 105 Å². The van der Waals surface area contributed by atoms with Gasteiger partial charge in [-0.05, 0) is 41.0 Å². The van der Waals surface area contributed by atoms with Crippen LogP contribution in [0, 0.1) is 5.92 Å². The van der Waals surface area contributed by atoms with Crippen LogP contribution in [0.15, 0.2) is 48.5 Å². The van der Waals surface area contributed by atoms with Gasteiger partial charge in [0.25, 0.3) is 0 Å². The average Bonchev–Trinajstić information content (AvgIpc) is 3.16. The maximum atomic E-state index is 13.0. The number of hydrogen-bond donors (Lipinski definition) is 3. The number of carbonyl (C=O) groups is 3. The zero-order valence-corrected chi connectivity index (χ0v) is 20.0. The van der Waals surface area contributed by atoms with Gasteiger partial charge in [-0.2, -0.15) is 0 Å². The summed E-state index contributed by atoms with van der Waals surface area (Å²) in [6.07, 6.45) is 0.980. The lowest BCUT2D eigenvalue weighted by Gasteiger charge is -2.26. The highest BCUT2D eigenvalue weighted by atomic mass is 16.5. The van der Waals surface area contributed by atoms with Crippen LogP contribution in [0.1, 0.15) is 63.5 Å². The molecule has 0 spiro atoms. The summed E-state index contributed by atoms with van der Waals surface area (Å²) in [5.41, 5.74) is 4.54. The number of hydrogen-bond acceptors (Lipinski definition) is 4. The number of benzene rings is 2. The molecule has 1 aliphatic carbocycles. The first-order chi connectivity index (χ1) is 16.3. The quantitative estimate of drug-likeness (QED) is 0.445. The van der Waals surface area contributed by atoms with Crippen molar-refractivity contribution in [1.82, 2.24) is 10.6 Å². The fourth-order valence-electron chi connectivity index (χ4n) is 4.44. The Morgan fingerprint density at radius 2 is 1.53 bits per heavy atom. The van der Waals surface area contributed by atoms with Crippen LogP contribution in [0.5, 0.6) is 0 Å². The van der Waals surface area contributed by atoms with Gasteiger partial charge in [-0.1, -0.05) is 75.7 Å². The lowest BCUT2D eigenvalue weighted by Crippen LogP contribution is -2.52. The Morgan fingerprint density at radius 3 is 2.06 bits per heavy atom. The molecule has 7 heteroatoms. The minimum Gasteiger partial charge on any atom is -0.481 e. The second-order valence-electron chi connectivity index (χ2n) is 8.88. The Morgan fingerprint density at radius 1 is 0.941 bits per heavy atom. The summed E-state index contributed by atoms with van der Waals surface area (Å²) < 4.78 is 5.62. The predicted octanol–water partition coefficient (Wildman–Crippen LogP) is 4.70. The summed E-state index contributed by atoms with van der Waals surface area (Å²) in [4.78, 5) is 36.6. The Bertz CT molecular complexity index is 976. The van der Waals surface area contributed by atoms with Gasteiger partial charge in [0, 0.05) is 18.4 Å². The molecule has 0 bridgehead atoms. The summed E-state index contributed by atoms with van der Waals surface area (Å²) in [6.45, 7) is 5.91. The number of ether oxygens (including phenoxy) is 1. The van der Waals surface area contributed by atoms with Crippen molar-refractivity contribution in [2.75, 3.05) is 6.61 Å². The normalized spacial score (nSPS) is 14.9. The third kappa shape index (κ3) is 5.95. The van der Waals surface area contributed by atoms with Crippen LogP contribution in [0.2, 0.25) is 0 Å². The lowest BCUT2D eigenvalue weighted by molar-refractivity contribution is -0.137. The summed E-state index contributed by atoms with van der Waals surface area (Å²) in [5.74, 6) is -1.39. The number of amides is 2. The van der Waals surface area contributed by atoms with Crippen molar-refractivity contribution in [1.29, 1.82) is 0 Å². The number of carbonyl (C=O) groups excluding carboxylic acids is 2. The highest BCUT2D eigenvalue weighted by Gasteiger charge is 2.31. The number of aliphatic carboxylic acids is 1. The number of alkyl carbamates (subject to hydrolysis) is 1. The van der Waals surface area contributed by atoms with E-state index in [4.69, 9.17) is 9.84 Å². The molecule has 0 aromatic heterocycles. The summed E-state index contributed by atoms with van der Waals surface area (Å²) in [6, 6.07) is 15.2. The van der Waals surface area contributed by atoms with E-state index in [1.165, 1.54) is 0 Å². The molecule has 3 atom stereocenters. The average molecular weight is 467 g/mol. The monoisotopic (exact) mass is 466 g/mol. The highest BCUT2D eigenvalue weighted by Crippen LogP contribution is 2.44. The van der Waals surface area contributed by atoms with Gasteiger partial charge in [-0.3, -0.25) is 9.59 Å². The van der Waals surface area contributed by atoms with Gasteiger partial charge in [0.15, 0.2) is 0 Å². The zero-order chi connectivity index (χ0) is 24.7. The van der Waals surface area contributed by atoms with Crippen molar-refractivity contribution in [3.8, 4) is 11.1 Å². The third-order valence-electron chi connectivity index (χ3n) is 6.66. The highest BCUT2D eigenvalue weighted by molar-refractivity contribution is 5.86. The van der Waals surface area contributed by atoms with Crippen molar-refractivity contribution >= 4 is 18.0 Å². The minimum atomic E-state index is -0.900. The Balaban J connectivity index is 1.64. The van der Waals surface area contributed by atoms with Crippen LogP contribution >= 0.6 is 0 Å². The van der Waals surface area contributed by atoms with E-state index in [-0.39, 0.29) is 36.8 Å². The Hall–Kier alpha value is -3.35. The molecule has 0 saturated heterocycles. The molecule has 0 fully saturated rings. The largest absolute Gasteiger partial charge is 0.481 e. The lowest BCUT2D eigenvalue weighted by atomic mass is 9.97. The molecule has 2 aromatic rings. The van der Waals surface area contributed by atoms with E-state index in [0.29, 0.717) is 19.3 Å². The van der Waals surface area contributed by atoms with Crippen LogP contribution in [0.25, 0.3) is 11.1 Å². The van der Waals surface area contributed by atoms with Gasteiger partial charge >= 0.3 is 12.1 Å². The van der Waals surface area contributed by atoms with E-state index < -0.39 is 18.1 Å². The van der Waals surface area contributed by atoms with Crippen molar-refractivity contribution in [2.45, 2.75) is 64.5 Å². The molecule has 2 aromatic carbocycles. The Labute approximate surface area is 200 Å². The van der Waals surface area contributed by atoms with Crippen LogP contribution in [0.3, 0.4) is 0 Å². The van der Waals surface area contributed by atoms with Gasteiger partial charge in [0.1, 0.15) is 12.6 Å². The molecule has 182 valence electrons. The van der Waals surface area contributed by atoms with E-state index in [1.807, 2.05) is 45.0 Å². The molecule has 1 aliphatic rings. The zero-order valence-electron chi connectivity index (χ0n) is 20.0. The molecule has 0 saturated carbocycles. The summed E-state index contributed by atoms with van der Waals surface area (Å²) in [5, 5.41) is 14.6. The molecule has 34 heavy (non-hydrogen) atoms. The van der Waals surface area contributed by atoms with E-state index >= 15 is 0 Å². The second kappa shape index (κ2) is 11.7. The van der Waals surface area contributed by atoms with Gasteiger partial charge in [0.05, 0.1) is 0 Å². The molecule has 7 nitrogen and oxygen atoms in total. The summed E-state index contributed by atoms with van der Waals surface area (Å²) >= 11 is 0. The molecule has 0 radical (unpaired) electrons. The fraction of sp³-hybridized carbons (Fsp3) is 0.444. The van der Waals surface area contributed by atoms with Gasteiger partial charge in [0.2, 0.25) is 5.91 Å². The Kier molecular flexibility index (Phi) is 8.68. The van der Waals surface area contributed by atoms with Crippen LogP contribution in [0.4, 0.5) is 4.79 Å². The van der Waals surface area contributed by atoms with E-state index in [1.54, 1.807) is 0 Å². The number of nitrogens with one attached hydrogen (secondary N) is 2. The molecule has 0 heterocycles. The van der Waals surface area contributed by atoms with Crippen LogP contribution < -0.4 is 10.6 Å². The molecule has 2 amide bonds. The van der Waals surface area contributed by atoms with Crippen LogP contribution in [-0.4, -0.2) is 41.8 Å². The van der Waals surface area contributed by atoms with Crippen molar-refractivity contribution in [3.05, 3.63) is 59.7 Å². The number of carboxylic acids is 1. The molecular weight excluding hydrogens is 432 g/mol. The standard InChI is InChI=1S/C27H34N2O5/c1-4-17(3)25(26(32)28-18(5-2)14-15-24(30)31)29-27(33)34-16-23-21-12-8-6-10-19(21)20-11-7-9-13-22(20)23/h6-13,17-18,23,25H,4-5,14-16H2,1-3H3,(H,28,32)(H,29,33)(H,30,31)/t17-,18?,25-/m0/s1. The first-order valence-corrected chi connectivity index (χ1v) is 12.0. The van der Waals surface area contributed by atoms with Crippen molar-refractivity contribution in [3.63, 3.8) is 0 Å². The SMILES string of the molecule is CCC(CCC(=O)O)NC(=O)[C@@H](NC(=O)OCC1c2ccccc2-c2ccccc21)[C@@H](C)CC. The van der Waals surface area contributed by atoms with Gasteiger partial charge < -0.3 is 20.5 Å². The molecular formula is C27H34N2O5. The van der Waals surface area contributed by atoms with E-state index in [9.17, 15) is 14.4 Å². The van der Waals surface area contributed by atoms with E-state index in [2.05, 4.69) is 34.9 Å².